The minimum Gasteiger partial charge on any atom is -0.314 e. The summed E-state index contributed by atoms with van der Waals surface area (Å²) in [6, 6.07) is 3.84. The molecule has 0 aliphatic carbocycles. The number of nitrogens with one attached hydrogen (secondary N) is 1. The van der Waals surface area contributed by atoms with Crippen molar-refractivity contribution in [3.05, 3.63) is 34.6 Å². The number of alkyl halides is 3. The average Bonchev–Trinajstić information content (AvgIpc) is 2.34. The highest BCUT2D eigenvalue weighted by atomic mass is 35.5. The minimum absolute atomic E-state index is 0.0639. The van der Waals surface area contributed by atoms with Crippen molar-refractivity contribution in [1.29, 1.82) is 0 Å². The maximum Gasteiger partial charge on any atom is 0.389 e. The SMILES string of the molecule is CCCNC(CCC(F)(F)F)Cc1ccc(Cl)cc1F. The van der Waals surface area contributed by atoms with Crippen LogP contribution in [-0.4, -0.2) is 18.8 Å². The van der Waals surface area contributed by atoms with Gasteiger partial charge < -0.3 is 5.32 Å². The molecule has 0 fully saturated rings. The van der Waals surface area contributed by atoms with Crippen molar-refractivity contribution in [3.63, 3.8) is 0 Å². The molecule has 0 spiro atoms. The molecule has 1 atom stereocenters. The third kappa shape index (κ3) is 6.57. The van der Waals surface area contributed by atoms with E-state index >= 15 is 0 Å². The molecule has 1 N–H and O–H groups in total. The van der Waals surface area contributed by atoms with Gasteiger partial charge in [0.25, 0.3) is 0 Å². The summed E-state index contributed by atoms with van der Waals surface area (Å²) in [5, 5.41) is 3.31. The van der Waals surface area contributed by atoms with Crippen LogP contribution in [0, 0.1) is 5.82 Å². The largest absolute Gasteiger partial charge is 0.389 e. The molecule has 0 aliphatic rings. The van der Waals surface area contributed by atoms with Gasteiger partial charge in [-0.3, -0.25) is 0 Å². The molecule has 0 aliphatic heterocycles. The lowest BCUT2D eigenvalue weighted by atomic mass is 10.0. The molecule has 1 aromatic carbocycles. The zero-order chi connectivity index (χ0) is 15.2. The summed E-state index contributed by atoms with van der Waals surface area (Å²) < 4.78 is 50.5. The normalized spacial score (nSPS) is 13.5. The van der Waals surface area contributed by atoms with Crippen molar-refractivity contribution in [3.8, 4) is 0 Å². The highest BCUT2D eigenvalue weighted by Crippen LogP contribution is 2.24. The Kier molecular flexibility index (Phi) is 6.76. The second-order valence-electron chi connectivity index (χ2n) is 4.74. The van der Waals surface area contributed by atoms with Gasteiger partial charge in [0.15, 0.2) is 0 Å². The summed E-state index contributed by atoms with van der Waals surface area (Å²) in [5.74, 6) is -0.479. The Morgan fingerprint density at radius 3 is 2.55 bits per heavy atom. The lowest BCUT2D eigenvalue weighted by Gasteiger charge is -2.20. The molecular weight excluding hydrogens is 294 g/mol. The van der Waals surface area contributed by atoms with E-state index in [1.165, 1.54) is 12.1 Å². The summed E-state index contributed by atoms with van der Waals surface area (Å²) in [4.78, 5) is 0. The summed E-state index contributed by atoms with van der Waals surface area (Å²) >= 11 is 5.65. The van der Waals surface area contributed by atoms with Crippen LogP contribution in [0.15, 0.2) is 18.2 Å². The summed E-state index contributed by atoms with van der Waals surface area (Å²) in [5.41, 5.74) is 0.380. The molecule has 1 unspecified atom stereocenters. The van der Waals surface area contributed by atoms with Gasteiger partial charge in [0, 0.05) is 17.5 Å². The third-order valence-electron chi connectivity index (χ3n) is 2.94. The number of rotatable bonds is 7. The highest BCUT2D eigenvalue weighted by Gasteiger charge is 2.28. The van der Waals surface area contributed by atoms with Crippen LogP contribution in [0.25, 0.3) is 0 Å². The van der Waals surface area contributed by atoms with E-state index in [-0.39, 0.29) is 17.9 Å². The fourth-order valence-corrected chi connectivity index (χ4v) is 2.07. The Morgan fingerprint density at radius 2 is 2.00 bits per heavy atom. The molecule has 1 rings (SSSR count). The number of hydrogen-bond donors (Lipinski definition) is 1. The molecule has 1 aromatic rings. The summed E-state index contributed by atoms with van der Waals surface area (Å²) in [6.45, 7) is 2.54. The predicted octanol–water partition coefficient (Wildman–Crippen LogP) is 4.73. The second-order valence-corrected chi connectivity index (χ2v) is 5.18. The van der Waals surface area contributed by atoms with Gasteiger partial charge in [-0.2, -0.15) is 13.2 Å². The van der Waals surface area contributed by atoms with Gasteiger partial charge in [-0.25, -0.2) is 4.39 Å². The predicted molar refractivity (Wildman–Crippen MR) is 72.5 cm³/mol. The fraction of sp³-hybridized carbons (Fsp3) is 0.571. The molecule has 0 radical (unpaired) electrons. The minimum atomic E-state index is -4.19. The molecule has 20 heavy (non-hydrogen) atoms. The standard InChI is InChI=1S/C14H18ClF4N/c1-2-7-20-12(5-6-14(17,18)19)8-10-3-4-11(15)9-13(10)16/h3-4,9,12,20H,2,5-8H2,1H3. The van der Waals surface area contributed by atoms with E-state index < -0.39 is 24.5 Å². The quantitative estimate of drug-likeness (QED) is 0.718. The maximum absolute atomic E-state index is 13.7. The maximum atomic E-state index is 13.7. The molecule has 0 bridgehead atoms. The van der Waals surface area contributed by atoms with Crippen molar-refractivity contribution >= 4 is 11.6 Å². The van der Waals surface area contributed by atoms with E-state index in [0.717, 1.165) is 6.42 Å². The smallest absolute Gasteiger partial charge is 0.314 e. The Bertz CT molecular complexity index is 420. The van der Waals surface area contributed by atoms with Crippen LogP contribution in [0.4, 0.5) is 17.6 Å². The molecule has 6 heteroatoms. The Labute approximate surface area is 121 Å². The fourth-order valence-electron chi connectivity index (χ4n) is 1.92. The molecule has 0 saturated carbocycles. The number of benzene rings is 1. The van der Waals surface area contributed by atoms with E-state index in [2.05, 4.69) is 5.32 Å². The molecule has 0 heterocycles. The van der Waals surface area contributed by atoms with Crippen LogP contribution in [0.5, 0.6) is 0 Å². The Hall–Kier alpha value is -0.810. The van der Waals surface area contributed by atoms with Gasteiger partial charge in [0.1, 0.15) is 5.82 Å². The van der Waals surface area contributed by atoms with Gasteiger partial charge in [0.05, 0.1) is 0 Å². The van der Waals surface area contributed by atoms with Gasteiger partial charge in [-0.05, 0) is 43.5 Å². The topological polar surface area (TPSA) is 12.0 Å². The molecule has 0 saturated heterocycles. The number of halogens is 5. The molecule has 0 aromatic heterocycles. The van der Waals surface area contributed by atoms with E-state index in [0.29, 0.717) is 12.1 Å². The van der Waals surface area contributed by atoms with E-state index in [9.17, 15) is 17.6 Å². The second kappa shape index (κ2) is 7.84. The van der Waals surface area contributed by atoms with Crippen molar-refractivity contribution in [2.24, 2.45) is 0 Å². The zero-order valence-corrected chi connectivity index (χ0v) is 12.0. The third-order valence-corrected chi connectivity index (χ3v) is 3.18. The van der Waals surface area contributed by atoms with Gasteiger partial charge >= 0.3 is 6.18 Å². The van der Waals surface area contributed by atoms with E-state index in [1.54, 1.807) is 6.07 Å². The molecule has 0 amide bonds. The summed E-state index contributed by atoms with van der Waals surface area (Å²) in [6.07, 6.45) is -4.09. The first-order chi connectivity index (χ1) is 9.31. The van der Waals surface area contributed by atoms with Crippen molar-refractivity contribution in [2.45, 2.75) is 44.8 Å². The first-order valence-corrected chi connectivity index (χ1v) is 6.93. The van der Waals surface area contributed by atoms with Crippen LogP contribution in [-0.2, 0) is 6.42 Å². The van der Waals surface area contributed by atoms with E-state index in [4.69, 9.17) is 11.6 Å². The van der Waals surface area contributed by atoms with E-state index in [1.807, 2.05) is 6.92 Å². The van der Waals surface area contributed by atoms with Crippen LogP contribution in [0.2, 0.25) is 5.02 Å². The van der Waals surface area contributed by atoms with Gasteiger partial charge in [-0.15, -0.1) is 0 Å². The van der Waals surface area contributed by atoms with Crippen LogP contribution < -0.4 is 5.32 Å². The molecule has 114 valence electrons. The van der Waals surface area contributed by atoms with Crippen molar-refractivity contribution < 1.29 is 17.6 Å². The van der Waals surface area contributed by atoms with Gasteiger partial charge in [0.2, 0.25) is 0 Å². The van der Waals surface area contributed by atoms with Crippen LogP contribution >= 0.6 is 11.6 Å². The highest BCUT2D eigenvalue weighted by molar-refractivity contribution is 6.30. The first kappa shape index (κ1) is 17.2. The zero-order valence-electron chi connectivity index (χ0n) is 11.2. The van der Waals surface area contributed by atoms with Crippen LogP contribution in [0.1, 0.15) is 31.7 Å². The molecule has 1 nitrogen and oxygen atoms in total. The monoisotopic (exact) mass is 311 g/mol. The van der Waals surface area contributed by atoms with Crippen molar-refractivity contribution in [2.75, 3.05) is 6.54 Å². The summed E-state index contributed by atoms with van der Waals surface area (Å²) in [7, 11) is 0. The number of hydrogen-bond acceptors (Lipinski definition) is 1. The Morgan fingerprint density at radius 1 is 1.30 bits per heavy atom. The van der Waals surface area contributed by atoms with Crippen LogP contribution in [0.3, 0.4) is 0 Å². The Balaban J connectivity index is 2.67. The first-order valence-electron chi connectivity index (χ1n) is 6.56. The van der Waals surface area contributed by atoms with Crippen molar-refractivity contribution in [1.82, 2.24) is 5.32 Å². The molecular formula is C14H18ClF4N. The average molecular weight is 312 g/mol. The van der Waals surface area contributed by atoms with Gasteiger partial charge in [-0.1, -0.05) is 24.6 Å². The lowest BCUT2D eigenvalue weighted by Crippen LogP contribution is -2.33. The lowest BCUT2D eigenvalue weighted by molar-refractivity contribution is -0.136.